The van der Waals surface area contributed by atoms with E-state index in [4.69, 9.17) is 14.6 Å². The van der Waals surface area contributed by atoms with Gasteiger partial charge in [0.2, 0.25) is 0 Å². The largest absolute Gasteiger partial charge is 0.486 e. The minimum absolute atomic E-state index is 0.0294. The molecule has 1 aliphatic heterocycles. The van der Waals surface area contributed by atoms with Gasteiger partial charge in [-0.25, -0.2) is 0 Å². The van der Waals surface area contributed by atoms with Crippen molar-refractivity contribution in [2.45, 2.75) is 13.0 Å². The van der Waals surface area contributed by atoms with E-state index < -0.39 is 0 Å². The lowest BCUT2D eigenvalue weighted by atomic mass is 10.2. The number of ether oxygens (including phenoxy) is 2. The molecule has 0 amide bonds. The lowest BCUT2D eigenvalue weighted by Crippen LogP contribution is -2.40. The van der Waals surface area contributed by atoms with E-state index in [0.717, 1.165) is 18.0 Å². The Labute approximate surface area is 102 Å². The summed E-state index contributed by atoms with van der Waals surface area (Å²) in [6.07, 6.45) is 0.0294. The highest BCUT2D eigenvalue weighted by Gasteiger charge is 2.21. The van der Waals surface area contributed by atoms with Gasteiger partial charge in [0.25, 0.3) is 0 Å². The van der Waals surface area contributed by atoms with Crippen LogP contribution in [0.3, 0.4) is 0 Å². The maximum atomic E-state index is 8.84. The van der Waals surface area contributed by atoms with E-state index in [2.05, 4.69) is 0 Å². The molecule has 94 valence electrons. The first-order valence-corrected chi connectivity index (χ1v) is 5.88. The summed E-state index contributed by atoms with van der Waals surface area (Å²) < 4.78 is 11.5. The van der Waals surface area contributed by atoms with E-state index in [0.29, 0.717) is 13.2 Å². The van der Waals surface area contributed by atoms with Crippen LogP contribution in [0.2, 0.25) is 0 Å². The molecule has 4 heteroatoms. The Hall–Kier alpha value is -1.26. The van der Waals surface area contributed by atoms with E-state index in [1.54, 1.807) is 0 Å². The van der Waals surface area contributed by atoms with Crippen LogP contribution in [0.1, 0.15) is 5.56 Å². The molecule has 0 fully saturated rings. The van der Waals surface area contributed by atoms with Gasteiger partial charge in [-0.1, -0.05) is 6.07 Å². The van der Waals surface area contributed by atoms with Gasteiger partial charge in [-0.15, -0.1) is 0 Å². The Bertz CT molecular complexity index is 381. The van der Waals surface area contributed by atoms with Crippen LogP contribution in [0, 0.1) is 6.92 Å². The summed E-state index contributed by atoms with van der Waals surface area (Å²) in [4.78, 5) is 2.03. The van der Waals surface area contributed by atoms with Crippen LogP contribution in [0.25, 0.3) is 0 Å². The predicted octanol–water partition coefficient (Wildman–Crippen LogP) is 1.06. The lowest BCUT2D eigenvalue weighted by molar-refractivity contribution is 0.0612. The topological polar surface area (TPSA) is 41.9 Å². The van der Waals surface area contributed by atoms with Crippen molar-refractivity contribution in [2.24, 2.45) is 0 Å². The van der Waals surface area contributed by atoms with E-state index in [9.17, 15) is 0 Å². The summed E-state index contributed by atoms with van der Waals surface area (Å²) in [6, 6.07) is 5.95. The number of nitrogens with zero attached hydrogens (tertiary/aromatic N) is 1. The predicted molar refractivity (Wildman–Crippen MR) is 65.7 cm³/mol. The van der Waals surface area contributed by atoms with Crippen molar-refractivity contribution >= 4 is 0 Å². The molecule has 1 aliphatic rings. The number of fused-ring (bicyclic) bond motifs is 1. The second kappa shape index (κ2) is 5.38. The molecule has 2 rings (SSSR count). The van der Waals surface area contributed by atoms with Crippen molar-refractivity contribution in [3.8, 4) is 11.5 Å². The Morgan fingerprint density at radius 1 is 1.41 bits per heavy atom. The number of likely N-dealkylation sites (N-methyl/N-ethyl adjacent to an activating group) is 1. The molecule has 0 aromatic heterocycles. The Morgan fingerprint density at radius 2 is 2.24 bits per heavy atom. The van der Waals surface area contributed by atoms with Crippen LogP contribution < -0.4 is 9.47 Å². The zero-order valence-corrected chi connectivity index (χ0v) is 10.3. The SMILES string of the molecule is Cc1ccc2c(c1)OCC(CN(C)CCO)O2. The summed E-state index contributed by atoms with van der Waals surface area (Å²) in [5.41, 5.74) is 1.17. The minimum Gasteiger partial charge on any atom is -0.486 e. The van der Waals surface area contributed by atoms with E-state index >= 15 is 0 Å². The smallest absolute Gasteiger partial charge is 0.161 e. The van der Waals surface area contributed by atoms with Crippen molar-refractivity contribution in [1.29, 1.82) is 0 Å². The number of aliphatic hydroxyl groups is 1. The van der Waals surface area contributed by atoms with Crippen LogP contribution in [0.5, 0.6) is 11.5 Å². The first-order valence-electron chi connectivity index (χ1n) is 5.88. The third-order valence-electron chi connectivity index (χ3n) is 2.81. The highest BCUT2D eigenvalue weighted by molar-refractivity contribution is 5.43. The van der Waals surface area contributed by atoms with Gasteiger partial charge in [-0.3, -0.25) is 0 Å². The molecule has 1 atom stereocenters. The normalized spacial score (nSPS) is 18.5. The average molecular weight is 237 g/mol. The Balaban J connectivity index is 1.96. The van der Waals surface area contributed by atoms with Crippen LogP contribution in [-0.2, 0) is 0 Å². The standard InChI is InChI=1S/C13H19NO3/c1-10-3-4-12-13(7-10)16-9-11(17-12)8-14(2)5-6-15/h3-4,7,11,15H,5-6,8-9H2,1-2H3. The average Bonchev–Trinajstić information content (AvgIpc) is 2.29. The fourth-order valence-corrected chi connectivity index (χ4v) is 1.92. The van der Waals surface area contributed by atoms with Crippen LogP contribution in [0.4, 0.5) is 0 Å². The molecule has 1 heterocycles. The molecule has 0 aliphatic carbocycles. The van der Waals surface area contributed by atoms with Crippen molar-refractivity contribution in [3.63, 3.8) is 0 Å². The lowest BCUT2D eigenvalue weighted by Gasteiger charge is -2.29. The van der Waals surface area contributed by atoms with Gasteiger partial charge in [-0.2, -0.15) is 0 Å². The molecule has 17 heavy (non-hydrogen) atoms. The summed E-state index contributed by atoms with van der Waals surface area (Å²) in [5, 5.41) is 8.84. The van der Waals surface area contributed by atoms with Gasteiger partial charge in [0.1, 0.15) is 12.7 Å². The molecule has 4 nitrogen and oxygen atoms in total. The number of rotatable bonds is 4. The number of aliphatic hydroxyl groups excluding tert-OH is 1. The Morgan fingerprint density at radius 3 is 3.00 bits per heavy atom. The van der Waals surface area contributed by atoms with Crippen molar-refractivity contribution in [2.75, 3.05) is 33.4 Å². The summed E-state index contributed by atoms with van der Waals surface area (Å²) in [7, 11) is 1.96. The molecule has 0 spiro atoms. The number of aryl methyl sites for hydroxylation is 1. The highest BCUT2D eigenvalue weighted by atomic mass is 16.6. The van der Waals surface area contributed by atoms with E-state index in [1.807, 2.05) is 37.1 Å². The quantitative estimate of drug-likeness (QED) is 0.850. The maximum Gasteiger partial charge on any atom is 0.161 e. The summed E-state index contributed by atoms with van der Waals surface area (Å²) in [5.74, 6) is 1.63. The van der Waals surface area contributed by atoms with Gasteiger partial charge >= 0.3 is 0 Å². The van der Waals surface area contributed by atoms with Crippen molar-refractivity contribution < 1.29 is 14.6 Å². The highest BCUT2D eigenvalue weighted by Crippen LogP contribution is 2.32. The molecular weight excluding hydrogens is 218 g/mol. The van der Waals surface area contributed by atoms with Gasteiger partial charge in [0.15, 0.2) is 11.5 Å². The molecule has 1 N–H and O–H groups in total. The van der Waals surface area contributed by atoms with Crippen LogP contribution >= 0.6 is 0 Å². The minimum atomic E-state index is 0.0294. The Kier molecular flexibility index (Phi) is 3.86. The van der Waals surface area contributed by atoms with E-state index in [-0.39, 0.29) is 12.7 Å². The molecule has 1 unspecified atom stereocenters. The van der Waals surface area contributed by atoms with Gasteiger partial charge in [0, 0.05) is 13.1 Å². The second-order valence-electron chi connectivity index (χ2n) is 4.49. The van der Waals surface area contributed by atoms with Crippen molar-refractivity contribution in [1.82, 2.24) is 4.90 Å². The first kappa shape index (κ1) is 12.2. The summed E-state index contributed by atoms with van der Waals surface area (Å²) in [6.45, 7) is 4.17. The van der Waals surface area contributed by atoms with Crippen LogP contribution in [0.15, 0.2) is 18.2 Å². The first-order chi connectivity index (χ1) is 8.19. The molecule has 0 saturated carbocycles. The second-order valence-corrected chi connectivity index (χ2v) is 4.49. The van der Waals surface area contributed by atoms with E-state index in [1.165, 1.54) is 5.56 Å². The maximum absolute atomic E-state index is 8.84. The molecule has 0 saturated heterocycles. The zero-order valence-electron chi connectivity index (χ0n) is 10.3. The molecule has 1 aromatic rings. The van der Waals surface area contributed by atoms with Gasteiger partial charge in [0.05, 0.1) is 6.61 Å². The van der Waals surface area contributed by atoms with Crippen molar-refractivity contribution in [3.05, 3.63) is 23.8 Å². The van der Waals surface area contributed by atoms with Gasteiger partial charge in [-0.05, 0) is 31.7 Å². The number of hydrogen-bond donors (Lipinski definition) is 1. The fourth-order valence-electron chi connectivity index (χ4n) is 1.92. The fraction of sp³-hybridized carbons (Fsp3) is 0.538. The number of benzene rings is 1. The molecule has 0 radical (unpaired) electrons. The third-order valence-corrected chi connectivity index (χ3v) is 2.81. The third kappa shape index (κ3) is 3.11. The van der Waals surface area contributed by atoms with Crippen LogP contribution in [-0.4, -0.2) is 49.5 Å². The summed E-state index contributed by atoms with van der Waals surface area (Å²) >= 11 is 0. The molecule has 0 bridgehead atoms. The van der Waals surface area contributed by atoms with Gasteiger partial charge < -0.3 is 19.5 Å². The monoisotopic (exact) mass is 237 g/mol. The zero-order chi connectivity index (χ0) is 12.3. The molecular formula is C13H19NO3. The number of hydrogen-bond acceptors (Lipinski definition) is 4. The molecule has 1 aromatic carbocycles.